The molecular weight excluding hydrogens is 334 g/mol. The lowest BCUT2D eigenvalue weighted by Gasteiger charge is -2.24. The lowest BCUT2D eigenvalue weighted by atomic mass is 10.0. The van der Waals surface area contributed by atoms with Gasteiger partial charge < -0.3 is 10.6 Å². The molecule has 6 heteroatoms. The zero-order chi connectivity index (χ0) is 17.9. The van der Waals surface area contributed by atoms with E-state index >= 15 is 0 Å². The molecule has 1 saturated carbocycles. The molecule has 5 nitrogen and oxygen atoms in total. The molecule has 2 aliphatic rings. The number of thiazole rings is 1. The number of nitrogens with zero attached hydrogens (tertiary/aromatic N) is 2. The fourth-order valence-corrected chi connectivity index (χ4v) is 4.68. The van der Waals surface area contributed by atoms with Gasteiger partial charge in [0.05, 0.1) is 9.88 Å². The molecule has 2 amide bonds. The van der Waals surface area contributed by atoms with Crippen LogP contribution in [0.15, 0.2) is 18.2 Å². The number of rotatable bonds is 3. The van der Waals surface area contributed by atoms with Gasteiger partial charge in [0.25, 0.3) is 5.91 Å². The Morgan fingerprint density at radius 2 is 1.96 bits per heavy atom. The van der Waals surface area contributed by atoms with Crippen LogP contribution in [0.3, 0.4) is 0 Å². The third kappa shape index (κ3) is 2.65. The van der Waals surface area contributed by atoms with Crippen molar-refractivity contribution in [2.45, 2.75) is 45.7 Å². The van der Waals surface area contributed by atoms with Gasteiger partial charge in [0.15, 0.2) is 0 Å². The number of carbonyl (C=O) groups excluding carboxylic acids is 2. The Balaban J connectivity index is 1.74. The maximum absolute atomic E-state index is 13.2. The number of hydrogen-bond acceptors (Lipinski definition) is 4. The van der Waals surface area contributed by atoms with Gasteiger partial charge in [0.1, 0.15) is 11.7 Å². The Morgan fingerprint density at radius 3 is 2.64 bits per heavy atom. The van der Waals surface area contributed by atoms with Crippen LogP contribution in [-0.4, -0.2) is 33.8 Å². The number of amides is 2. The number of nitrogens with two attached hydrogens (primary N) is 1. The third-order valence-electron chi connectivity index (χ3n) is 5.37. The molecule has 0 unspecified atom stereocenters. The number of benzene rings is 1. The highest BCUT2D eigenvalue weighted by atomic mass is 32.1. The number of aryl methyl sites for hydroxylation is 3. The second-order valence-electron chi connectivity index (χ2n) is 7.14. The van der Waals surface area contributed by atoms with Gasteiger partial charge in [0, 0.05) is 6.04 Å². The number of piperidine rings is 1. The summed E-state index contributed by atoms with van der Waals surface area (Å²) >= 11 is 1.52. The molecule has 4 rings (SSSR count). The minimum absolute atomic E-state index is 0.152. The maximum Gasteiger partial charge on any atom is 0.274 e. The Kier molecular flexibility index (Phi) is 3.68. The van der Waals surface area contributed by atoms with E-state index in [1.807, 2.05) is 13.0 Å². The van der Waals surface area contributed by atoms with Crippen LogP contribution in [0.1, 0.15) is 39.5 Å². The third-order valence-corrected chi connectivity index (χ3v) is 6.39. The van der Waals surface area contributed by atoms with Crippen LogP contribution in [0.2, 0.25) is 0 Å². The minimum Gasteiger partial charge on any atom is -0.368 e. The molecule has 1 aliphatic heterocycles. The molecule has 1 aromatic heterocycles. The van der Waals surface area contributed by atoms with E-state index in [0.29, 0.717) is 18.0 Å². The smallest absolute Gasteiger partial charge is 0.274 e. The van der Waals surface area contributed by atoms with Gasteiger partial charge >= 0.3 is 0 Å². The maximum atomic E-state index is 13.2. The number of aromatic nitrogens is 1. The van der Waals surface area contributed by atoms with Gasteiger partial charge in [-0.3, -0.25) is 9.59 Å². The second-order valence-corrected chi connectivity index (χ2v) is 8.34. The van der Waals surface area contributed by atoms with Crippen LogP contribution in [0.5, 0.6) is 0 Å². The van der Waals surface area contributed by atoms with Crippen molar-refractivity contribution in [1.29, 1.82) is 0 Å². The Morgan fingerprint density at radius 1 is 1.20 bits per heavy atom. The van der Waals surface area contributed by atoms with Crippen LogP contribution in [0.4, 0.5) is 0 Å². The highest BCUT2D eigenvalue weighted by Gasteiger charge is 2.56. The fourth-order valence-electron chi connectivity index (χ4n) is 3.78. The summed E-state index contributed by atoms with van der Waals surface area (Å²) in [7, 11) is 0. The average Bonchev–Trinajstić information content (AvgIpc) is 3.05. The molecule has 3 atom stereocenters. The number of fused-ring (bicyclic) bond motifs is 1. The first kappa shape index (κ1) is 16.3. The summed E-state index contributed by atoms with van der Waals surface area (Å²) in [5.74, 6) is -0.155. The molecule has 2 N–H and O–H groups in total. The summed E-state index contributed by atoms with van der Waals surface area (Å²) in [4.78, 5) is 32.1. The first-order valence-electron chi connectivity index (χ1n) is 8.54. The summed E-state index contributed by atoms with van der Waals surface area (Å²) in [6.07, 6.45) is 1.66. The molecule has 25 heavy (non-hydrogen) atoms. The summed E-state index contributed by atoms with van der Waals surface area (Å²) in [6.45, 7) is 6.03. The predicted molar refractivity (Wildman–Crippen MR) is 97.4 cm³/mol. The quantitative estimate of drug-likeness (QED) is 0.920. The summed E-state index contributed by atoms with van der Waals surface area (Å²) in [5, 5.41) is 0.846. The van der Waals surface area contributed by atoms with E-state index in [2.05, 4.69) is 31.0 Å². The molecule has 0 spiro atoms. The van der Waals surface area contributed by atoms with Gasteiger partial charge in [-0.25, -0.2) is 4.98 Å². The largest absolute Gasteiger partial charge is 0.368 e. The lowest BCUT2D eigenvalue weighted by Crippen LogP contribution is -2.46. The molecular formula is C19H21N3O2S. The van der Waals surface area contributed by atoms with Gasteiger partial charge in [-0.2, -0.15) is 0 Å². The number of carbonyl (C=O) groups is 2. The van der Waals surface area contributed by atoms with Crippen molar-refractivity contribution in [3.63, 3.8) is 0 Å². The van der Waals surface area contributed by atoms with E-state index in [0.717, 1.165) is 21.9 Å². The normalized spacial score (nSPS) is 24.3. The van der Waals surface area contributed by atoms with Gasteiger partial charge in [-0.15, -0.1) is 11.3 Å². The average molecular weight is 355 g/mol. The molecule has 1 aromatic carbocycles. The van der Waals surface area contributed by atoms with E-state index in [1.165, 1.54) is 22.5 Å². The highest BCUT2D eigenvalue weighted by molar-refractivity contribution is 7.15. The Bertz CT molecular complexity index is 889. The molecule has 0 radical (unpaired) electrons. The summed E-state index contributed by atoms with van der Waals surface area (Å²) in [5.41, 5.74) is 9.37. The SMILES string of the molecule is Cc1nc(C(=O)N2[C@H](C(N)=O)C[C@H]3C[C@@H]32)c(-c2ccc(C)c(C)c2)s1. The molecule has 0 bridgehead atoms. The van der Waals surface area contributed by atoms with Crippen molar-refractivity contribution in [2.75, 3.05) is 0 Å². The van der Waals surface area contributed by atoms with Crippen molar-refractivity contribution < 1.29 is 9.59 Å². The van der Waals surface area contributed by atoms with Gasteiger partial charge in [-0.05, 0) is 56.2 Å². The number of likely N-dealkylation sites (tertiary alicyclic amines) is 1. The molecule has 1 saturated heterocycles. The zero-order valence-electron chi connectivity index (χ0n) is 14.6. The number of hydrogen-bond donors (Lipinski definition) is 1. The van der Waals surface area contributed by atoms with Crippen LogP contribution in [0.25, 0.3) is 10.4 Å². The van der Waals surface area contributed by atoms with Crippen molar-refractivity contribution in [3.05, 3.63) is 40.0 Å². The Labute approximate surface area is 150 Å². The monoisotopic (exact) mass is 355 g/mol. The minimum atomic E-state index is -0.495. The van der Waals surface area contributed by atoms with Crippen molar-refractivity contribution >= 4 is 23.2 Å². The van der Waals surface area contributed by atoms with E-state index in [9.17, 15) is 9.59 Å². The van der Waals surface area contributed by atoms with Crippen LogP contribution in [-0.2, 0) is 4.79 Å². The first-order valence-corrected chi connectivity index (χ1v) is 9.35. The molecule has 1 aliphatic carbocycles. The van der Waals surface area contributed by atoms with Crippen molar-refractivity contribution in [3.8, 4) is 10.4 Å². The number of primary amides is 1. The highest BCUT2D eigenvalue weighted by Crippen LogP contribution is 2.48. The van der Waals surface area contributed by atoms with E-state index < -0.39 is 11.9 Å². The predicted octanol–water partition coefficient (Wildman–Crippen LogP) is 2.82. The molecule has 2 aromatic rings. The fraction of sp³-hybridized carbons (Fsp3) is 0.421. The van der Waals surface area contributed by atoms with Gasteiger partial charge in [0.2, 0.25) is 5.91 Å². The van der Waals surface area contributed by atoms with E-state index in [4.69, 9.17) is 5.73 Å². The molecule has 2 fully saturated rings. The molecule has 2 heterocycles. The standard InChI is InChI=1S/C19H21N3O2S/c1-9-4-5-12(6-10(9)2)17-16(21-11(3)25-17)19(24)22-14-7-13(14)8-15(22)18(20)23/h4-6,13-15H,7-8H2,1-3H3,(H2,20,23)/t13-,14+,15+/m1/s1. The van der Waals surface area contributed by atoms with Crippen LogP contribution < -0.4 is 5.73 Å². The molecule has 130 valence electrons. The van der Waals surface area contributed by atoms with Gasteiger partial charge in [-0.1, -0.05) is 18.2 Å². The van der Waals surface area contributed by atoms with Crippen LogP contribution >= 0.6 is 11.3 Å². The van der Waals surface area contributed by atoms with Crippen LogP contribution in [0, 0.1) is 26.7 Å². The van der Waals surface area contributed by atoms with E-state index in [1.54, 1.807) is 4.90 Å². The van der Waals surface area contributed by atoms with Crippen molar-refractivity contribution in [1.82, 2.24) is 9.88 Å². The van der Waals surface area contributed by atoms with Crippen molar-refractivity contribution in [2.24, 2.45) is 11.7 Å². The lowest BCUT2D eigenvalue weighted by molar-refractivity contribution is -0.122. The Hall–Kier alpha value is -2.21. The zero-order valence-corrected chi connectivity index (χ0v) is 15.4. The summed E-state index contributed by atoms with van der Waals surface area (Å²) < 4.78 is 0. The second kappa shape index (κ2) is 5.66. The first-order chi connectivity index (χ1) is 11.9. The van der Waals surface area contributed by atoms with E-state index in [-0.39, 0.29) is 11.9 Å². The summed E-state index contributed by atoms with van der Waals surface area (Å²) in [6, 6.07) is 5.84. The topological polar surface area (TPSA) is 76.3 Å².